The van der Waals surface area contributed by atoms with Gasteiger partial charge >= 0.3 is 5.97 Å². The molecule has 2 N–H and O–H groups in total. The molecule has 1 amide bonds. The number of rotatable bonds is 5. The Hall–Kier alpha value is -1.10. The molecule has 0 aromatic heterocycles. The van der Waals surface area contributed by atoms with E-state index in [1.807, 2.05) is 0 Å². The lowest BCUT2D eigenvalue weighted by Crippen LogP contribution is -2.45. The lowest BCUT2D eigenvalue weighted by Gasteiger charge is -2.25. The summed E-state index contributed by atoms with van der Waals surface area (Å²) >= 11 is 0. The first kappa shape index (κ1) is 14.0. The molecular weight excluding hydrogens is 220 g/mol. The van der Waals surface area contributed by atoms with Gasteiger partial charge in [-0.15, -0.1) is 0 Å². The van der Waals surface area contributed by atoms with Crippen molar-refractivity contribution in [1.29, 1.82) is 0 Å². The summed E-state index contributed by atoms with van der Waals surface area (Å²) in [6, 6.07) is -0.350. The second kappa shape index (κ2) is 6.59. The van der Waals surface area contributed by atoms with Crippen molar-refractivity contribution in [3.8, 4) is 0 Å². The van der Waals surface area contributed by atoms with E-state index in [9.17, 15) is 9.59 Å². The SMILES string of the molecule is CC(C(=O)O)N(C)CC(=O)NC1CCCCC1. The van der Waals surface area contributed by atoms with E-state index in [1.54, 1.807) is 18.9 Å². The van der Waals surface area contributed by atoms with Gasteiger partial charge in [0.15, 0.2) is 0 Å². The lowest BCUT2D eigenvalue weighted by atomic mass is 9.95. The summed E-state index contributed by atoms with van der Waals surface area (Å²) in [5.74, 6) is -0.981. The van der Waals surface area contributed by atoms with Crippen molar-refractivity contribution in [2.75, 3.05) is 13.6 Å². The van der Waals surface area contributed by atoms with Crippen LogP contribution in [0.15, 0.2) is 0 Å². The minimum atomic E-state index is -0.905. The van der Waals surface area contributed by atoms with Gasteiger partial charge in [-0.25, -0.2) is 0 Å². The molecule has 0 heterocycles. The van der Waals surface area contributed by atoms with Crippen LogP contribution < -0.4 is 5.32 Å². The smallest absolute Gasteiger partial charge is 0.320 e. The Labute approximate surface area is 102 Å². The normalized spacial score (nSPS) is 19.0. The molecule has 1 aliphatic carbocycles. The second-order valence-electron chi connectivity index (χ2n) is 4.83. The lowest BCUT2D eigenvalue weighted by molar-refractivity contribution is -0.142. The molecule has 1 rings (SSSR count). The Kier molecular flexibility index (Phi) is 5.41. The van der Waals surface area contributed by atoms with Crippen LogP contribution in [0.25, 0.3) is 0 Å². The van der Waals surface area contributed by atoms with Crippen LogP contribution in [-0.2, 0) is 9.59 Å². The molecule has 0 aromatic carbocycles. The first-order valence-corrected chi connectivity index (χ1v) is 6.23. The van der Waals surface area contributed by atoms with Crippen LogP contribution in [0.4, 0.5) is 0 Å². The van der Waals surface area contributed by atoms with Crippen LogP contribution in [0, 0.1) is 0 Å². The molecule has 1 fully saturated rings. The molecule has 0 bridgehead atoms. The van der Waals surface area contributed by atoms with Crippen LogP contribution in [0.5, 0.6) is 0 Å². The zero-order valence-electron chi connectivity index (χ0n) is 10.6. The zero-order chi connectivity index (χ0) is 12.8. The van der Waals surface area contributed by atoms with Gasteiger partial charge in [0, 0.05) is 6.04 Å². The van der Waals surface area contributed by atoms with Crippen molar-refractivity contribution >= 4 is 11.9 Å². The number of nitrogens with zero attached hydrogens (tertiary/aromatic N) is 1. The third kappa shape index (κ3) is 4.73. The minimum Gasteiger partial charge on any atom is -0.480 e. The molecule has 17 heavy (non-hydrogen) atoms. The molecule has 0 aliphatic heterocycles. The number of carboxylic acid groups (broad SMARTS) is 1. The molecule has 1 aliphatic rings. The minimum absolute atomic E-state index is 0.0764. The Balaban J connectivity index is 2.30. The molecule has 0 spiro atoms. The molecule has 5 heteroatoms. The monoisotopic (exact) mass is 242 g/mol. The van der Waals surface area contributed by atoms with Crippen LogP contribution in [0.2, 0.25) is 0 Å². The molecule has 1 unspecified atom stereocenters. The van der Waals surface area contributed by atoms with Gasteiger partial charge in [0.05, 0.1) is 6.54 Å². The van der Waals surface area contributed by atoms with Gasteiger partial charge in [-0.2, -0.15) is 0 Å². The van der Waals surface area contributed by atoms with Crippen molar-refractivity contribution in [3.05, 3.63) is 0 Å². The fourth-order valence-corrected chi connectivity index (χ4v) is 2.07. The van der Waals surface area contributed by atoms with E-state index in [2.05, 4.69) is 5.32 Å². The van der Waals surface area contributed by atoms with E-state index in [0.717, 1.165) is 12.8 Å². The highest BCUT2D eigenvalue weighted by Gasteiger charge is 2.21. The summed E-state index contributed by atoms with van der Waals surface area (Å²) < 4.78 is 0. The molecular formula is C12H22N2O3. The van der Waals surface area contributed by atoms with Crippen molar-refractivity contribution in [1.82, 2.24) is 10.2 Å². The predicted octanol–water partition coefficient (Wildman–Crippen LogP) is 0.840. The van der Waals surface area contributed by atoms with Crippen molar-refractivity contribution in [3.63, 3.8) is 0 Å². The number of carbonyl (C=O) groups excluding carboxylic acids is 1. The van der Waals surface area contributed by atoms with Gasteiger partial charge in [0.25, 0.3) is 0 Å². The summed E-state index contributed by atoms with van der Waals surface area (Å²) in [6.07, 6.45) is 5.69. The van der Waals surface area contributed by atoms with E-state index in [-0.39, 0.29) is 18.5 Å². The number of nitrogens with one attached hydrogen (secondary N) is 1. The van der Waals surface area contributed by atoms with Gasteiger partial charge < -0.3 is 10.4 Å². The standard InChI is InChI=1S/C12H22N2O3/c1-9(12(16)17)14(2)8-11(15)13-10-6-4-3-5-7-10/h9-10H,3-8H2,1-2H3,(H,13,15)(H,16,17). The Bertz CT molecular complexity index is 275. The van der Waals surface area contributed by atoms with Gasteiger partial charge in [-0.3, -0.25) is 14.5 Å². The maximum atomic E-state index is 11.7. The summed E-state index contributed by atoms with van der Waals surface area (Å²) in [5.41, 5.74) is 0. The van der Waals surface area contributed by atoms with E-state index >= 15 is 0 Å². The maximum Gasteiger partial charge on any atom is 0.320 e. The van der Waals surface area contributed by atoms with Gasteiger partial charge in [0.2, 0.25) is 5.91 Å². The second-order valence-corrected chi connectivity index (χ2v) is 4.83. The largest absolute Gasteiger partial charge is 0.480 e. The molecule has 1 saturated carbocycles. The molecule has 5 nitrogen and oxygen atoms in total. The van der Waals surface area contributed by atoms with E-state index in [4.69, 9.17) is 5.11 Å². The average Bonchev–Trinajstić information content (AvgIpc) is 2.28. The highest BCUT2D eigenvalue weighted by Crippen LogP contribution is 2.17. The molecule has 0 radical (unpaired) electrons. The molecule has 0 saturated heterocycles. The number of likely N-dealkylation sites (N-methyl/N-ethyl adjacent to an activating group) is 1. The fraction of sp³-hybridized carbons (Fsp3) is 0.833. The Morgan fingerprint density at radius 2 is 1.94 bits per heavy atom. The zero-order valence-corrected chi connectivity index (χ0v) is 10.6. The quantitative estimate of drug-likeness (QED) is 0.749. The van der Waals surface area contributed by atoms with E-state index < -0.39 is 12.0 Å². The fourth-order valence-electron chi connectivity index (χ4n) is 2.07. The number of carboxylic acids is 1. The summed E-state index contributed by atoms with van der Waals surface area (Å²) in [5, 5.41) is 11.8. The third-order valence-corrected chi connectivity index (χ3v) is 3.38. The maximum absolute atomic E-state index is 11.7. The number of hydrogen-bond acceptors (Lipinski definition) is 3. The highest BCUT2D eigenvalue weighted by molar-refractivity contribution is 5.80. The van der Waals surface area contributed by atoms with Crippen LogP contribution in [0.1, 0.15) is 39.0 Å². The van der Waals surface area contributed by atoms with E-state index in [0.29, 0.717) is 0 Å². The number of hydrogen-bond donors (Lipinski definition) is 2. The average molecular weight is 242 g/mol. The summed E-state index contributed by atoms with van der Waals surface area (Å²) in [7, 11) is 1.65. The highest BCUT2D eigenvalue weighted by atomic mass is 16.4. The molecule has 98 valence electrons. The number of amides is 1. The molecule has 1 atom stereocenters. The Morgan fingerprint density at radius 1 is 1.35 bits per heavy atom. The van der Waals surface area contributed by atoms with Crippen molar-refractivity contribution in [2.45, 2.75) is 51.1 Å². The summed E-state index contributed by atoms with van der Waals surface area (Å²) in [4.78, 5) is 24.0. The predicted molar refractivity (Wildman–Crippen MR) is 64.7 cm³/mol. The van der Waals surface area contributed by atoms with Gasteiger partial charge in [-0.1, -0.05) is 19.3 Å². The third-order valence-electron chi connectivity index (χ3n) is 3.38. The van der Waals surface area contributed by atoms with Crippen molar-refractivity contribution in [2.24, 2.45) is 0 Å². The first-order valence-electron chi connectivity index (χ1n) is 6.23. The van der Waals surface area contributed by atoms with E-state index in [1.165, 1.54) is 19.3 Å². The van der Waals surface area contributed by atoms with Crippen molar-refractivity contribution < 1.29 is 14.7 Å². The van der Waals surface area contributed by atoms with Crippen LogP contribution in [-0.4, -0.2) is 47.6 Å². The number of aliphatic carboxylic acids is 1. The van der Waals surface area contributed by atoms with Crippen LogP contribution in [0.3, 0.4) is 0 Å². The van der Waals surface area contributed by atoms with Crippen LogP contribution >= 0.6 is 0 Å². The van der Waals surface area contributed by atoms with Gasteiger partial charge in [-0.05, 0) is 26.8 Å². The topological polar surface area (TPSA) is 69.6 Å². The van der Waals surface area contributed by atoms with Gasteiger partial charge in [0.1, 0.15) is 6.04 Å². The molecule has 0 aromatic rings. The number of carbonyl (C=O) groups is 2. The summed E-state index contributed by atoms with van der Waals surface area (Å²) in [6.45, 7) is 1.72. The first-order chi connectivity index (χ1) is 8.00. The Morgan fingerprint density at radius 3 is 2.47 bits per heavy atom.